The summed E-state index contributed by atoms with van der Waals surface area (Å²) in [4.78, 5) is 0. The van der Waals surface area contributed by atoms with Crippen molar-refractivity contribution in [3.8, 4) is 12.1 Å². The summed E-state index contributed by atoms with van der Waals surface area (Å²) in [5, 5.41) is 14.0. The highest BCUT2D eigenvalue weighted by molar-refractivity contribution is 5.02. The molecule has 3 nitrogen and oxygen atoms in total. The van der Waals surface area contributed by atoms with Crippen LogP contribution >= 0.6 is 0 Å². The zero-order valence-corrected chi connectivity index (χ0v) is 3.10. The molecule has 0 radical (unpaired) electrons. The molecule has 0 aliphatic carbocycles. The minimum absolute atomic E-state index is 0.843. The Morgan fingerprint density at radius 1 is 1.83 bits per heavy atom. The van der Waals surface area contributed by atoms with Crippen LogP contribution in [-0.4, -0.2) is 6.04 Å². The van der Waals surface area contributed by atoms with Crippen LogP contribution < -0.4 is 11.0 Å². The Kier molecular flexibility index (Phi) is 1.81. The van der Waals surface area contributed by atoms with Crippen molar-refractivity contribution in [2.45, 2.75) is 6.04 Å². The first kappa shape index (κ1) is 4.94. The predicted octanol–water partition coefficient (Wildman–Crippen LogP) is -2.39. The predicted molar refractivity (Wildman–Crippen MR) is 18.4 cm³/mol. The van der Waals surface area contributed by atoms with Crippen molar-refractivity contribution in [1.82, 2.24) is 0 Å². The van der Waals surface area contributed by atoms with E-state index in [9.17, 15) is 0 Å². The number of nitrogens with two attached hydrogens (primary N) is 1. The van der Waals surface area contributed by atoms with Gasteiger partial charge in [0.1, 0.15) is 6.07 Å². The Hall–Kier alpha value is -1.06. The number of nitrogens with zero attached hydrogens (tertiary/aromatic N) is 1. The molecule has 0 fully saturated rings. The fraction of sp³-hybridized carbons (Fsp3) is 0.333. The smallest absolute Gasteiger partial charge is 0.300 e. The van der Waals surface area contributed by atoms with Gasteiger partial charge in [-0.05, 0) is 0 Å². The van der Waals surface area contributed by atoms with Crippen LogP contribution in [0.1, 0.15) is 0 Å². The Labute approximate surface area is 35.6 Å². The summed E-state index contributed by atoms with van der Waals surface area (Å²) in [5.74, 6) is 0. The van der Waals surface area contributed by atoms with Gasteiger partial charge in [-0.2, -0.15) is 5.26 Å². The summed E-state index contributed by atoms with van der Waals surface area (Å²) >= 11 is 0. The highest BCUT2D eigenvalue weighted by Crippen LogP contribution is 1.58. The number of hydrogen-bond acceptors (Lipinski definition) is 2. The van der Waals surface area contributed by atoms with Crippen LogP contribution in [0.15, 0.2) is 0 Å². The van der Waals surface area contributed by atoms with Gasteiger partial charge >= 0.3 is 6.07 Å². The van der Waals surface area contributed by atoms with Crippen molar-refractivity contribution in [2.75, 3.05) is 0 Å². The van der Waals surface area contributed by atoms with Crippen molar-refractivity contribution in [1.29, 1.82) is 5.26 Å². The van der Waals surface area contributed by atoms with E-state index in [0.29, 0.717) is 0 Å². The van der Waals surface area contributed by atoms with Crippen LogP contribution in [0, 0.1) is 17.4 Å². The number of rotatable bonds is 0. The number of nitrogens with one attached hydrogen (secondary N) is 1. The third kappa shape index (κ3) is 1.28. The lowest BCUT2D eigenvalue weighted by atomic mass is 10.4. The van der Waals surface area contributed by atoms with Gasteiger partial charge in [-0.1, -0.05) is 5.26 Å². The highest BCUT2D eigenvalue weighted by atomic mass is 14.6. The summed E-state index contributed by atoms with van der Waals surface area (Å²) in [5.41, 5.74) is 4.81. The zero-order valence-electron chi connectivity index (χ0n) is 3.10. The molecule has 0 bridgehead atoms. The maximum Gasteiger partial charge on any atom is 0.305 e. The normalized spacial score (nSPS) is 11.2. The van der Waals surface area contributed by atoms with E-state index in [1.54, 1.807) is 12.1 Å². The van der Waals surface area contributed by atoms with Gasteiger partial charge < -0.3 is 5.73 Å². The molecular formula is C3H4N3+. The average Bonchev–Trinajstić information content (AvgIpc) is 1.65. The molecule has 0 aliphatic rings. The second kappa shape index (κ2) is 2.19. The van der Waals surface area contributed by atoms with Crippen molar-refractivity contribution >= 4 is 0 Å². The van der Waals surface area contributed by atoms with Crippen molar-refractivity contribution in [2.24, 2.45) is 5.73 Å². The highest BCUT2D eigenvalue weighted by Gasteiger charge is 1.94. The molecule has 1 atom stereocenters. The van der Waals surface area contributed by atoms with Crippen molar-refractivity contribution in [3.63, 3.8) is 0 Å². The minimum atomic E-state index is -0.843. The molecular weight excluding hydrogens is 78.1 g/mol. The average molecular weight is 82.1 g/mol. The first-order valence-corrected chi connectivity index (χ1v) is 1.38. The maximum absolute atomic E-state index is 7.78. The van der Waals surface area contributed by atoms with Gasteiger partial charge in [0.05, 0.1) is 0 Å². The molecule has 0 aromatic carbocycles. The fourth-order valence-corrected chi connectivity index (χ4v) is 0.0323. The fourth-order valence-electron chi connectivity index (χ4n) is 0.0323. The van der Waals surface area contributed by atoms with E-state index >= 15 is 0 Å². The lowest BCUT2D eigenvalue weighted by Gasteiger charge is -1.69. The van der Waals surface area contributed by atoms with Crippen molar-refractivity contribution in [3.05, 3.63) is 0 Å². The van der Waals surface area contributed by atoms with Gasteiger partial charge in [0.25, 0.3) is 0 Å². The summed E-state index contributed by atoms with van der Waals surface area (Å²) in [6.45, 7) is 0. The quantitative estimate of drug-likeness (QED) is 0.342. The molecule has 0 spiro atoms. The lowest BCUT2D eigenvalue weighted by molar-refractivity contribution is -0.0948. The van der Waals surface area contributed by atoms with E-state index < -0.39 is 6.04 Å². The van der Waals surface area contributed by atoms with Gasteiger partial charge in [-0.15, -0.1) is 0 Å². The standard InChI is InChI=1S/C3H3N3/c4-1-3(6)2-5/h3H,6H2/p+1. The van der Waals surface area contributed by atoms with E-state index in [-0.39, 0.29) is 0 Å². The van der Waals surface area contributed by atoms with Gasteiger partial charge in [0.2, 0.25) is 6.04 Å². The van der Waals surface area contributed by atoms with Crippen LogP contribution in [0.2, 0.25) is 0 Å². The monoisotopic (exact) mass is 82.0 g/mol. The first-order chi connectivity index (χ1) is 2.81. The van der Waals surface area contributed by atoms with Crippen LogP contribution in [0.25, 0.3) is 0 Å². The third-order valence-electron chi connectivity index (χ3n) is 0.295. The molecule has 3 N–H and O–H groups in total. The summed E-state index contributed by atoms with van der Waals surface area (Å²) in [6, 6.07) is 2.53. The molecule has 1 unspecified atom stereocenters. The molecule has 30 valence electrons. The largest absolute Gasteiger partial charge is 0.305 e. The topological polar surface area (TPSA) is 73.6 Å². The molecule has 0 heterocycles. The second-order valence-electron chi connectivity index (χ2n) is 0.751. The van der Waals surface area contributed by atoms with Gasteiger partial charge in [-0.3, -0.25) is 0 Å². The van der Waals surface area contributed by atoms with Gasteiger partial charge in [0.15, 0.2) is 0 Å². The van der Waals surface area contributed by atoms with Crippen molar-refractivity contribution < 1.29 is 5.26 Å². The van der Waals surface area contributed by atoms with E-state index in [0.717, 1.165) is 0 Å². The maximum atomic E-state index is 7.78. The molecule has 0 saturated heterocycles. The molecule has 6 heavy (non-hydrogen) atoms. The Morgan fingerprint density at radius 3 is 2.33 bits per heavy atom. The van der Waals surface area contributed by atoms with Crippen LogP contribution in [-0.2, 0) is 0 Å². The molecule has 3 heteroatoms. The minimum Gasteiger partial charge on any atom is -0.300 e. The molecule has 0 aromatic rings. The Morgan fingerprint density at radius 2 is 2.33 bits per heavy atom. The van der Waals surface area contributed by atoms with Crippen LogP contribution in [0.3, 0.4) is 0 Å². The lowest BCUT2D eigenvalue weighted by Crippen LogP contribution is -2.27. The molecule has 0 amide bonds. The second-order valence-corrected chi connectivity index (χ2v) is 0.751. The number of hydrogen-bond donors (Lipinski definition) is 2. The summed E-state index contributed by atoms with van der Waals surface area (Å²) in [6.07, 6.45) is 0. The van der Waals surface area contributed by atoms with E-state index in [2.05, 4.69) is 0 Å². The summed E-state index contributed by atoms with van der Waals surface area (Å²) < 4.78 is 0. The number of nitriles is 1. The summed E-state index contributed by atoms with van der Waals surface area (Å²) in [7, 11) is 0. The van der Waals surface area contributed by atoms with E-state index in [1.807, 2.05) is 0 Å². The van der Waals surface area contributed by atoms with Gasteiger partial charge in [-0.25, -0.2) is 0 Å². The van der Waals surface area contributed by atoms with Crippen LogP contribution in [0.4, 0.5) is 0 Å². The van der Waals surface area contributed by atoms with E-state index in [4.69, 9.17) is 16.3 Å². The zero-order chi connectivity index (χ0) is 4.99. The first-order valence-electron chi connectivity index (χ1n) is 1.38. The van der Waals surface area contributed by atoms with Gasteiger partial charge in [0, 0.05) is 0 Å². The Bertz CT molecular complexity index is 90.2. The third-order valence-corrected chi connectivity index (χ3v) is 0.295. The molecule has 0 saturated carbocycles. The molecule has 0 rings (SSSR count). The van der Waals surface area contributed by atoms with E-state index in [1.165, 1.54) is 0 Å². The SMILES string of the molecule is N#CC(N)C#[NH+]. The molecule has 0 aromatic heterocycles. The Balaban J connectivity index is 3.40. The molecule has 0 aliphatic heterocycles. The van der Waals surface area contributed by atoms with Crippen LogP contribution in [0.5, 0.6) is 0 Å².